The van der Waals surface area contributed by atoms with Crippen LogP contribution in [0.5, 0.6) is 0 Å². The van der Waals surface area contributed by atoms with Crippen LogP contribution in [0.25, 0.3) is 0 Å². The Labute approximate surface area is 132 Å². The van der Waals surface area contributed by atoms with Crippen molar-refractivity contribution in [3.8, 4) is 0 Å². The van der Waals surface area contributed by atoms with Gasteiger partial charge in [0.05, 0.1) is 12.0 Å². The lowest BCUT2D eigenvalue weighted by Gasteiger charge is -2.59. The number of fused-ring (bicyclic) bond motifs is 5. The van der Waals surface area contributed by atoms with Crippen molar-refractivity contribution in [1.29, 1.82) is 0 Å². The topological polar surface area (TPSA) is 43.4 Å². The highest BCUT2D eigenvalue weighted by molar-refractivity contribution is 5.93. The highest BCUT2D eigenvalue weighted by Gasteiger charge is 2.67. The summed E-state index contributed by atoms with van der Waals surface area (Å²) in [6, 6.07) is 0. The smallest absolute Gasteiger partial charge is 0.170 e. The molecule has 1 saturated heterocycles. The first-order chi connectivity index (χ1) is 10.5. The summed E-state index contributed by atoms with van der Waals surface area (Å²) in [7, 11) is 0. The van der Waals surface area contributed by atoms with Gasteiger partial charge < -0.3 is 4.74 Å². The minimum Gasteiger partial charge on any atom is -0.369 e. The van der Waals surface area contributed by atoms with E-state index < -0.39 is 0 Å². The van der Waals surface area contributed by atoms with Gasteiger partial charge in [0.15, 0.2) is 5.78 Å². The molecular weight excluding hydrogens is 276 g/mol. The van der Waals surface area contributed by atoms with E-state index in [2.05, 4.69) is 6.92 Å². The average Bonchev–Trinajstić information content (AvgIpc) is 2.97. The van der Waals surface area contributed by atoms with Gasteiger partial charge in [-0.3, -0.25) is 9.59 Å². The average molecular weight is 302 g/mol. The second-order valence-corrected chi connectivity index (χ2v) is 8.99. The summed E-state index contributed by atoms with van der Waals surface area (Å²) >= 11 is 0. The van der Waals surface area contributed by atoms with Gasteiger partial charge in [0.1, 0.15) is 11.9 Å². The van der Waals surface area contributed by atoms with Crippen LogP contribution < -0.4 is 0 Å². The van der Waals surface area contributed by atoms with Crippen molar-refractivity contribution in [3.63, 3.8) is 0 Å². The summed E-state index contributed by atoms with van der Waals surface area (Å²) in [5.41, 5.74) is 0.240. The molecule has 4 aliphatic carbocycles. The molecule has 5 rings (SSSR count). The largest absolute Gasteiger partial charge is 0.369 e. The van der Waals surface area contributed by atoms with Crippen LogP contribution in [0.1, 0.15) is 58.3 Å². The number of hydrogen-bond donors (Lipinski definition) is 0. The number of carbonyl (C=O) groups excluding carboxylic acids is 2. The summed E-state index contributed by atoms with van der Waals surface area (Å²) in [6.45, 7) is 3.16. The maximum atomic E-state index is 12.6. The second kappa shape index (κ2) is 4.23. The zero-order valence-electron chi connectivity index (χ0n) is 13.5. The molecule has 3 heteroatoms. The van der Waals surface area contributed by atoms with Crippen LogP contribution >= 0.6 is 0 Å². The Morgan fingerprint density at radius 2 is 1.95 bits per heavy atom. The van der Waals surface area contributed by atoms with E-state index >= 15 is 0 Å². The minimum atomic E-state index is -0.112. The SMILES string of the molecule is C[C@]12CCC(=O)CC1CC[C@H]1[C@@H]3CC4OC[C@@]3(CC[C@@H]12)C4=O. The number of rotatable bonds is 0. The second-order valence-electron chi connectivity index (χ2n) is 8.99. The van der Waals surface area contributed by atoms with Crippen molar-refractivity contribution in [2.75, 3.05) is 6.61 Å². The summed E-state index contributed by atoms with van der Waals surface area (Å²) in [5, 5.41) is 0. The number of Topliss-reactive ketones (excluding diaryl/α,β-unsaturated/α-hetero) is 2. The van der Waals surface area contributed by atoms with Crippen LogP contribution in [0.2, 0.25) is 0 Å². The van der Waals surface area contributed by atoms with Crippen LogP contribution in [0, 0.1) is 34.5 Å². The fraction of sp³-hybridized carbons (Fsp3) is 0.895. The quantitative estimate of drug-likeness (QED) is 0.690. The fourth-order valence-corrected chi connectivity index (χ4v) is 7.27. The lowest BCUT2D eigenvalue weighted by Crippen LogP contribution is -2.54. The summed E-state index contributed by atoms with van der Waals surface area (Å²) < 4.78 is 5.76. The Balaban J connectivity index is 1.49. The van der Waals surface area contributed by atoms with Gasteiger partial charge in [0, 0.05) is 12.8 Å². The molecule has 0 aromatic rings. The predicted molar refractivity (Wildman–Crippen MR) is 81.2 cm³/mol. The maximum Gasteiger partial charge on any atom is 0.170 e. The third-order valence-electron chi connectivity index (χ3n) is 8.48. The summed E-state index contributed by atoms with van der Waals surface area (Å²) in [5.74, 6) is 3.55. The van der Waals surface area contributed by atoms with Crippen molar-refractivity contribution in [1.82, 2.24) is 0 Å². The van der Waals surface area contributed by atoms with Gasteiger partial charge >= 0.3 is 0 Å². The number of ketones is 2. The van der Waals surface area contributed by atoms with Gasteiger partial charge in [-0.25, -0.2) is 0 Å². The Morgan fingerprint density at radius 1 is 1.09 bits per heavy atom. The number of hydrogen-bond acceptors (Lipinski definition) is 3. The van der Waals surface area contributed by atoms with Crippen LogP contribution in [-0.2, 0) is 14.3 Å². The van der Waals surface area contributed by atoms with E-state index in [1.165, 1.54) is 19.3 Å². The van der Waals surface area contributed by atoms with E-state index in [0.29, 0.717) is 41.3 Å². The first-order valence-electron chi connectivity index (χ1n) is 9.22. The first-order valence-corrected chi connectivity index (χ1v) is 9.22. The molecule has 2 bridgehead atoms. The van der Waals surface area contributed by atoms with Crippen molar-refractivity contribution < 1.29 is 14.3 Å². The van der Waals surface area contributed by atoms with Crippen LogP contribution in [0.15, 0.2) is 0 Å². The molecule has 0 aromatic carbocycles. The highest BCUT2D eigenvalue weighted by atomic mass is 16.5. The third kappa shape index (κ3) is 1.47. The van der Waals surface area contributed by atoms with E-state index in [4.69, 9.17) is 4.74 Å². The Hall–Kier alpha value is -0.700. The van der Waals surface area contributed by atoms with Crippen LogP contribution in [0.4, 0.5) is 0 Å². The lowest BCUT2D eigenvalue weighted by molar-refractivity contribution is -0.148. The lowest BCUT2D eigenvalue weighted by atomic mass is 9.45. The molecule has 22 heavy (non-hydrogen) atoms. The van der Waals surface area contributed by atoms with E-state index in [1.807, 2.05) is 0 Å². The molecule has 1 spiro atoms. The van der Waals surface area contributed by atoms with Crippen LogP contribution in [0.3, 0.4) is 0 Å². The molecule has 5 fully saturated rings. The number of carbonyl (C=O) groups is 2. The van der Waals surface area contributed by atoms with E-state index in [9.17, 15) is 9.59 Å². The van der Waals surface area contributed by atoms with Gasteiger partial charge in [0.2, 0.25) is 0 Å². The maximum absolute atomic E-state index is 12.6. The molecule has 1 aliphatic heterocycles. The molecule has 3 nitrogen and oxygen atoms in total. The van der Waals surface area contributed by atoms with E-state index in [0.717, 1.165) is 38.0 Å². The fourth-order valence-electron chi connectivity index (χ4n) is 7.27. The Kier molecular flexibility index (Phi) is 2.63. The van der Waals surface area contributed by atoms with Gasteiger partial charge in [-0.05, 0) is 67.6 Å². The summed E-state index contributed by atoms with van der Waals surface area (Å²) in [4.78, 5) is 24.5. The molecule has 0 radical (unpaired) electrons. The van der Waals surface area contributed by atoms with Crippen molar-refractivity contribution in [3.05, 3.63) is 0 Å². The molecule has 0 amide bonds. The molecule has 2 unspecified atom stereocenters. The monoisotopic (exact) mass is 302 g/mol. The molecule has 4 saturated carbocycles. The van der Waals surface area contributed by atoms with Gasteiger partial charge in [-0.1, -0.05) is 6.92 Å². The zero-order valence-corrected chi connectivity index (χ0v) is 13.5. The van der Waals surface area contributed by atoms with Gasteiger partial charge in [-0.2, -0.15) is 0 Å². The predicted octanol–water partition coefficient (Wildman–Crippen LogP) is 3.16. The number of ether oxygens (including phenoxy) is 1. The van der Waals surface area contributed by atoms with Gasteiger partial charge in [-0.15, -0.1) is 0 Å². The molecule has 0 N–H and O–H groups in total. The highest BCUT2D eigenvalue weighted by Crippen LogP contribution is 2.66. The first kappa shape index (κ1) is 13.7. The van der Waals surface area contributed by atoms with E-state index in [1.54, 1.807) is 0 Å². The zero-order chi connectivity index (χ0) is 15.1. The third-order valence-corrected chi connectivity index (χ3v) is 8.48. The van der Waals surface area contributed by atoms with Gasteiger partial charge in [0.25, 0.3) is 0 Å². The van der Waals surface area contributed by atoms with E-state index in [-0.39, 0.29) is 11.5 Å². The van der Waals surface area contributed by atoms with Crippen molar-refractivity contribution >= 4 is 11.6 Å². The Morgan fingerprint density at radius 3 is 2.77 bits per heavy atom. The summed E-state index contributed by atoms with van der Waals surface area (Å²) in [6.07, 6.45) is 8.28. The molecule has 120 valence electrons. The minimum absolute atomic E-state index is 0.0813. The normalized spacial score (nSPS) is 56.5. The Bertz CT molecular complexity index is 555. The molecule has 7 atom stereocenters. The van der Waals surface area contributed by atoms with Crippen molar-refractivity contribution in [2.24, 2.45) is 34.5 Å². The molecule has 0 aromatic heterocycles. The molecule has 1 heterocycles. The molecule has 5 aliphatic rings. The standard InChI is InChI=1S/C19H26O3/c1-18-6-4-12(20)8-11(18)2-3-13-14(18)5-7-19-10-22-16(17(19)21)9-15(13)19/h11,13-16H,2-10H2,1H3/t11?,13-,14+,15+,16?,18+,19-/m1/s1. The van der Waals surface area contributed by atoms with Crippen molar-refractivity contribution in [2.45, 2.75) is 64.4 Å². The molecular formula is C19H26O3. The van der Waals surface area contributed by atoms with Crippen LogP contribution in [-0.4, -0.2) is 24.3 Å².